The van der Waals surface area contributed by atoms with Crippen molar-refractivity contribution in [2.45, 2.75) is 37.3 Å². The molecule has 1 unspecified atom stereocenters. The molecule has 0 radical (unpaired) electrons. The van der Waals surface area contributed by atoms with Gasteiger partial charge in [0.15, 0.2) is 0 Å². The number of hydrogen-bond donors (Lipinski definition) is 2. The van der Waals surface area contributed by atoms with Crippen LogP contribution in [0.25, 0.3) is 0 Å². The van der Waals surface area contributed by atoms with E-state index in [-0.39, 0.29) is 11.4 Å². The van der Waals surface area contributed by atoms with Crippen molar-refractivity contribution in [3.05, 3.63) is 30.3 Å². The number of carbonyl (C=O) groups excluding carboxylic acids is 2. The van der Waals surface area contributed by atoms with Crippen LogP contribution in [-0.2, 0) is 24.3 Å². The van der Waals surface area contributed by atoms with Gasteiger partial charge in [-0.1, -0.05) is 18.2 Å². The van der Waals surface area contributed by atoms with Crippen molar-refractivity contribution in [1.29, 1.82) is 0 Å². The largest absolute Gasteiger partial charge is 0.468 e. The minimum atomic E-state index is -3.94. The topological polar surface area (TPSA) is 111 Å². The van der Waals surface area contributed by atoms with Gasteiger partial charge in [0.1, 0.15) is 11.6 Å². The Morgan fingerprint density at radius 2 is 1.75 bits per heavy atom. The lowest BCUT2D eigenvalue weighted by atomic mass is 10.2. The van der Waals surface area contributed by atoms with E-state index in [0.717, 1.165) is 7.11 Å². The zero-order chi connectivity index (χ0) is 18.4. The average Bonchev–Trinajstić information content (AvgIpc) is 2.49. The summed E-state index contributed by atoms with van der Waals surface area (Å²) in [5.41, 5.74) is -0.714. The first-order chi connectivity index (χ1) is 11.0. The predicted molar refractivity (Wildman–Crippen MR) is 86.8 cm³/mol. The first kappa shape index (κ1) is 19.9. The molecule has 134 valence electrons. The average molecular weight is 358 g/mol. The summed E-state index contributed by atoms with van der Waals surface area (Å²) < 4.78 is 36.4. The van der Waals surface area contributed by atoms with Gasteiger partial charge < -0.3 is 14.8 Å². The van der Waals surface area contributed by atoms with Gasteiger partial charge in [-0.2, -0.15) is 4.72 Å². The van der Waals surface area contributed by atoms with Gasteiger partial charge in [-0.05, 0) is 32.9 Å². The number of ether oxygens (including phenoxy) is 2. The Balaban J connectivity index is 2.80. The molecule has 0 saturated heterocycles. The zero-order valence-corrected chi connectivity index (χ0v) is 14.8. The fourth-order valence-electron chi connectivity index (χ4n) is 1.67. The summed E-state index contributed by atoms with van der Waals surface area (Å²) in [5, 5.41) is 2.34. The van der Waals surface area contributed by atoms with Crippen LogP contribution in [-0.4, -0.2) is 45.8 Å². The molecule has 0 aliphatic heterocycles. The van der Waals surface area contributed by atoms with Gasteiger partial charge in [0.25, 0.3) is 0 Å². The van der Waals surface area contributed by atoms with Crippen LogP contribution in [0.15, 0.2) is 35.2 Å². The molecule has 0 aliphatic carbocycles. The van der Waals surface area contributed by atoms with Crippen LogP contribution >= 0.6 is 0 Å². The standard InChI is InChI=1S/C15H22N2O6S/c1-15(2,3)23-14(19)16-10-12(13(18)22-4)17-24(20,21)11-8-6-5-7-9-11/h5-9,12,17H,10H2,1-4H3,(H,16,19). The molecule has 9 heteroatoms. The maximum atomic E-state index is 12.3. The predicted octanol–water partition coefficient (Wildman–Crippen LogP) is 1.03. The molecule has 2 N–H and O–H groups in total. The summed E-state index contributed by atoms with van der Waals surface area (Å²) in [6, 6.07) is 6.27. The molecule has 0 saturated carbocycles. The van der Waals surface area contributed by atoms with Crippen LogP contribution in [0.2, 0.25) is 0 Å². The summed E-state index contributed by atoms with van der Waals surface area (Å²) in [6.07, 6.45) is -0.768. The number of alkyl carbamates (subject to hydrolysis) is 1. The molecular weight excluding hydrogens is 336 g/mol. The van der Waals surface area contributed by atoms with E-state index < -0.39 is 33.7 Å². The second-order valence-corrected chi connectivity index (χ2v) is 7.61. The number of carbonyl (C=O) groups is 2. The third kappa shape index (κ3) is 6.55. The van der Waals surface area contributed by atoms with Crippen LogP contribution < -0.4 is 10.0 Å². The van der Waals surface area contributed by atoms with Crippen molar-refractivity contribution in [1.82, 2.24) is 10.0 Å². The van der Waals surface area contributed by atoms with E-state index in [1.165, 1.54) is 12.1 Å². The molecule has 1 atom stereocenters. The number of nitrogens with one attached hydrogen (secondary N) is 2. The maximum Gasteiger partial charge on any atom is 0.407 e. The fourth-order valence-corrected chi connectivity index (χ4v) is 2.88. The molecule has 1 amide bonds. The SMILES string of the molecule is COC(=O)C(CNC(=O)OC(C)(C)C)NS(=O)(=O)c1ccccc1. The Hall–Kier alpha value is -2.13. The lowest BCUT2D eigenvalue weighted by Gasteiger charge is -2.21. The molecule has 0 aromatic heterocycles. The normalized spacial score (nSPS) is 13.0. The molecule has 0 heterocycles. The number of benzene rings is 1. The van der Waals surface area contributed by atoms with Crippen molar-refractivity contribution in [2.75, 3.05) is 13.7 Å². The third-order valence-corrected chi connectivity index (χ3v) is 4.17. The molecule has 0 spiro atoms. The molecule has 1 rings (SSSR count). The minimum absolute atomic E-state index is 0.00355. The van der Waals surface area contributed by atoms with Gasteiger partial charge in [0.2, 0.25) is 10.0 Å². The van der Waals surface area contributed by atoms with Crippen LogP contribution in [0.1, 0.15) is 20.8 Å². The van der Waals surface area contributed by atoms with E-state index in [1.807, 2.05) is 0 Å². The quantitative estimate of drug-likeness (QED) is 0.735. The molecule has 1 aromatic carbocycles. The first-order valence-corrected chi connectivity index (χ1v) is 8.65. The van der Waals surface area contributed by atoms with E-state index in [1.54, 1.807) is 39.0 Å². The third-order valence-electron chi connectivity index (χ3n) is 2.69. The summed E-state index contributed by atoms with van der Waals surface area (Å²) in [4.78, 5) is 23.4. The van der Waals surface area contributed by atoms with Crippen molar-refractivity contribution in [2.24, 2.45) is 0 Å². The number of sulfonamides is 1. The molecule has 8 nitrogen and oxygen atoms in total. The Labute approximate surface area is 141 Å². The van der Waals surface area contributed by atoms with E-state index in [2.05, 4.69) is 14.8 Å². The second-order valence-electron chi connectivity index (χ2n) is 5.89. The smallest absolute Gasteiger partial charge is 0.407 e. The Morgan fingerprint density at radius 3 is 2.25 bits per heavy atom. The highest BCUT2D eigenvalue weighted by Crippen LogP contribution is 2.09. The number of methoxy groups -OCH3 is 1. The van der Waals surface area contributed by atoms with Crippen molar-refractivity contribution < 1.29 is 27.5 Å². The van der Waals surface area contributed by atoms with Gasteiger partial charge >= 0.3 is 12.1 Å². The van der Waals surface area contributed by atoms with Crippen molar-refractivity contribution >= 4 is 22.1 Å². The Bertz CT molecular complexity index is 667. The Kier molecular flexibility index (Phi) is 6.73. The van der Waals surface area contributed by atoms with Crippen LogP contribution in [0.3, 0.4) is 0 Å². The van der Waals surface area contributed by atoms with Crippen molar-refractivity contribution in [3.63, 3.8) is 0 Å². The van der Waals surface area contributed by atoms with Crippen LogP contribution in [0, 0.1) is 0 Å². The molecule has 24 heavy (non-hydrogen) atoms. The first-order valence-electron chi connectivity index (χ1n) is 7.17. The maximum absolute atomic E-state index is 12.3. The van der Waals surface area contributed by atoms with E-state index in [0.29, 0.717) is 0 Å². The van der Waals surface area contributed by atoms with E-state index in [9.17, 15) is 18.0 Å². The van der Waals surface area contributed by atoms with Crippen LogP contribution in [0.4, 0.5) is 4.79 Å². The Morgan fingerprint density at radius 1 is 1.17 bits per heavy atom. The monoisotopic (exact) mass is 358 g/mol. The number of hydrogen-bond acceptors (Lipinski definition) is 6. The second kappa shape index (κ2) is 8.11. The fraction of sp³-hybridized carbons (Fsp3) is 0.467. The summed E-state index contributed by atoms with van der Waals surface area (Å²) in [6.45, 7) is 4.74. The molecular formula is C15H22N2O6S. The number of amides is 1. The lowest BCUT2D eigenvalue weighted by Crippen LogP contribution is -2.49. The van der Waals surface area contributed by atoms with E-state index >= 15 is 0 Å². The summed E-state index contributed by atoms with van der Waals surface area (Å²) >= 11 is 0. The van der Waals surface area contributed by atoms with E-state index in [4.69, 9.17) is 4.74 Å². The lowest BCUT2D eigenvalue weighted by molar-refractivity contribution is -0.142. The molecule has 1 aromatic rings. The van der Waals surface area contributed by atoms with Gasteiger partial charge in [0.05, 0.1) is 12.0 Å². The molecule has 0 bridgehead atoms. The zero-order valence-electron chi connectivity index (χ0n) is 14.0. The number of rotatable bonds is 6. The molecule has 0 aliphatic rings. The highest BCUT2D eigenvalue weighted by atomic mass is 32.2. The van der Waals surface area contributed by atoms with Crippen LogP contribution in [0.5, 0.6) is 0 Å². The van der Waals surface area contributed by atoms with Gasteiger partial charge in [-0.3, -0.25) is 4.79 Å². The highest BCUT2D eigenvalue weighted by molar-refractivity contribution is 7.89. The van der Waals surface area contributed by atoms with Crippen molar-refractivity contribution in [3.8, 4) is 0 Å². The summed E-state index contributed by atoms with van der Waals surface area (Å²) in [7, 11) is -2.82. The minimum Gasteiger partial charge on any atom is -0.468 e. The highest BCUT2D eigenvalue weighted by Gasteiger charge is 2.27. The van der Waals surface area contributed by atoms with Gasteiger partial charge in [-0.25, -0.2) is 13.2 Å². The number of esters is 1. The van der Waals surface area contributed by atoms with Gasteiger partial charge in [-0.15, -0.1) is 0 Å². The summed E-state index contributed by atoms with van der Waals surface area (Å²) in [5.74, 6) is -0.828. The van der Waals surface area contributed by atoms with Gasteiger partial charge in [0, 0.05) is 6.54 Å². The molecule has 0 fully saturated rings.